The quantitative estimate of drug-likeness (QED) is 0.570. The molecule has 3 rings (SSSR count). The molecule has 0 unspecified atom stereocenters. The molecule has 2 aromatic carbocycles. The van der Waals surface area contributed by atoms with Crippen molar-refractivity contribution in [2.45, 2.75) is 24.3 Å². The van der Waals surface area contributed by atoms with Crippen molar-refractivity contribution >= 4 is 38.3 Å². The van der Waals surface area contributed by atoms with E-state index in [1.165, 1.54) is 0 Å². The molecule has 1 heterocycles. The molecule has 0 bridgehead atoms. The number of hydrogen-bond donors (Lipinski definition) is 0. The molecule has 1 aliphatic heterocycles. The summed E-state index contributed by atoms with van der Waals surface area (Å²) >= 11 is 2.26. The van der Waals surface area contributed by atoms with Crippen LogP contribution in [0.1, 0.15) is 11.1 Å². The van der Waals surface area contributed by atoms with Gasteiger partial charge in [0.15, 0.2) is 0 Å². The number of sulfonamides is 1. The molecule has 2 aromatic rings. The number of nitrogens with zero attached hydrogens (tertiary/aromatic N) is 1. The Kier molecular flexibility index (Phi) is 3.96. The molecule has 0 saturated heterocycles. The van der Waals surface area contributed by atoms with Gasteiger partial charge in [0.1, 0.15) is 0 Å². The van der Waals surface area contributed by atoms with E-state index in [4.69, 9.17) is 0 Å². The standard InChI is InChI=1S/C16H16INO2S/c1-12-6-8-15(9-7-12)21(19,20)18-14(11-17)10-13-4-2-3-5-16(13)18/h2-9,14H,10-11H2,1H3/t14-/m0/s1. The first-order valence-corrected chi connectivity index (χ1v) is 9.75. The Morgan fingerprint density at radius 2 is 1.81 bits per heavy atom. The Morgan fingerprint density at radius 3 is 2.48 bits per heavy atom. The van der Waals surface area contributed by atoms with Gasteiger partial charge in [0.05, 0.1) is 16.6 Å². The number of anilines is 1. The summed E-state index contributed by atoms with van der Waals surface area (Å²) in [5.41, 5.74) is 2.98. The zero-order valence-corrected chi connectivity index (χ0v) is 14.6. The van der Waals surface area contributed by atoms with Crippen molar-refractivity contribution in [2.24, 2.45) is 0 Å². The van der Waals surface area contributed by atoms with Gasteiger partial charge in [-0.25, -0.2) is 8.42 Å². The van der Waals surface area contributed by atoms with Crippen molar-refractivity contribution in [1.29, 1.82) is 0 Å². The summed E-state index contributed by atoms with van der Waals surface area (Å²) in [5, 5.41) is 0. The SMILES string of the molecule is Cc1ccc(S(=O)(=O)N2c3ccccc3C[C@H]2CI)cc1. The third kappa shape index (κ3) is 2.57. The van der Waals surface area contributed by atoms with Crippen molar-refractivity contribution in [3.63, 3.8) is 0 Å². The number of halogens is 1. The normalized spacial score (nSPS) is 17.8. The highest BCUT2D eigenvalue weighted by Gasteiger charge is 2.37. The molecule has 0 aromatic heterocycles. The molecule has 0 spiro atoms. The number of benzene rings is 2. The summed E-state index contributed by atoms with van der Waals surface area (Å²) in [6.07, 6.45) is 0.782. The highest BCUT2D eigenvalue weighted by molar-refractivity contribution is 14.1. The van der Waals surface area contributed by atoms with Crippen LogP contribution in [-0.4, -0.2) is 18.9 Å². The lowest BCUT2D eigenvalue weighted by atomic mass is 10.1. The second-order valence-corrected chi connectivity index (χ2v) is 7.95. The molecule has 0 fully saturated rings. The second kappa shape index (κ2) is 5.61. The van der Waals surface area contributed by atoms with E-state index >= 15 is 0 Å². The van der Waals surface area contributed by atoms with Gasteiger partial charge < -0.3 is 0 Å². The van der Waals surface area contributed by atoms with Gasteiger partial charge in [0.25, 0.3) is 10.0 Å². The van der Waals surface area contributed by atoms with Crippen LogP contribution in [0.4, 0.5) is 5.69 Å². The molecule has 0 amide bonds. The van der Waals surface area contributed by atoms with Crippen LogP contribution >= 0.6 is 22.6 Å². The van der Waals surface area contributed by atoms with E-state index in [9.17, 15) is 8.42 Å². The third-order valence-corrected chi connectivity index (χ3v) is 6.67. The molecule has 0 aliphatic carbocycles. The number of hydrogen-bond acceptors (Lipinski definition) is 2. The van der Waals surface area contributed by atoms with E-state index in [1.807, 2.05) is 43.3 Å². The molecular weight excluding hydrogens is 397 g/mol. The average Bonchev–Trinajstić information content (AvgIpc) is 2.87. The van der Waals surface area contributed by atoms with Crippen molar-refractivity contribution in [2.75, 3.05) is 8.73 Å². The van der Waals surface area contributed by atoms with Crippen molar-refractivity contribution < 1.29 is 8.42 Å². The third-order valence-electron chi connectivity index (χ3n) is 3.77. The molecule has 110 valence electrons. The van der Waals surface area contributed by atoms with Crippen LogP contribution in [0.15, 0.2) is 53.4 Å². The summed E-state index contributed by atoms with van der Waals surface area (Å²) in [6.45, 7) is 1.95. The van der Waals surface area contributed by atoms with E-state index in [0.29, 0.717) is 4.90 Å². The minimum atomic E-state index is -3.50. The number of aryl methyl sites for hydroxylation is 1. The number of fused-ring (bicyclic) bond motifs is 1. The molecule has 1 atom stereocenters. The van der Waals surface area contributed by atoms with Gasteiger partial charge in [0.2, 0.25) is 0 Å². The Labute approximate surface area is 139 Å². The van der Waals surface area contributed by atoms with Gasteiger partial charge in [-0.3, -0.25) is 4.31 Å². The topological polar surface area (TPSA) is 37.4 Å². The fraction of sp³-hybridized carbons (Fsp3) is 0.250. The average molecular weight is 413 g/mol. The smallest absolute Gasteiger partial charge is 0.262 e. The Hall–Kier alpha value is -1.08. The Balaban J connectivity index is 2.11. The van der Waals surface area contributed by atoms with E-state index in [1.54, 1.807) is 16.4 Å². The lowest BCUT2D eigenvalue weighted by molar-refractivity contribution is 0.585. The van der Waals surface area contributed by atoms with Crippen molar-refractivity contribution in [3.05, 3.63) is 59.7 Å². The van der Waals surface area contributed by atoms with Crippen LogP contribution in [0.5, 0.6) is 0 Å². The maximum atomic E-state index is 13.0. The van der Waals surface area contributed by atoms with Crippen LogP contribution in [-0.2, 0) is 16.4 Å². The number of rotatable bonds is 3. The summed E-state index contributed by atoms with van der Waals surface area (Å²) < 4.78 is 28.4. The molecule has 0 radical (unpaired) electrons. The van der Waals surface area contributed by atoms with Gasteiger partial charge >= 0.3 is 0 Å². The van der Waals surface area contributed by atoms with Crippen LogP contribution in [0, 0.1) is 6.92 Å². The summed E-state index contributed by atoms with van der Waals surface area (Å²) in [6, 6.07) is 14.8. The fourth-order valence-corrected chi connectivity index (χ4v) is 5.36. The summed E-state index contributed by atoms with van der Waals surface area (Å²) in [7, 11) is -3.50. The zero-order chi connectivity index (χ0) is 15.0. The van der Waals surface area contributed by atoms with Gasteiger partial charge in [-0.15, -0.1) is 0 Å². The van der Waals surface area contributed by atoms with E-state index < -0.39 is 10.0 Å². The highest BCUT2D eigenvalue weighted by Crippen LogP contribution is 2.37. The van der Waals surface area contributed by atoms with Crippen molar-refractivity contribution in [1.82, 2.24) is 0 Å². The fourth-order valence-electron chi connectivity index (χ4n) is 2.70. The molecule has 0 N–H and O–H groups in total. The second-order valence-electron chi connectivity index (χ2n) is 5.25. The first kappa shape index (κ1) is 14.8. The van der Waals surface area contributed by atoms with Crippen LogP contribution in [0.2, 0.25) is 0 Å². The summed E-state index contributed by atoms with van der Waals surface area (Å²) in [5.74, 6) is 0. The Morgan fingerprint density at radius 1 is 1.14 bits per heavy atom. The maximum absolute atomic E-state index is 13.0. The maximum Gasteiger partial charge on any atom is 0.264 e. The molecule has 21 heavy (non-hydrogen) atoms. The minimum Gasteiger partial charge on any atom is -0.262 e. The molecular formula is C16H16INO2S. The monoisotopic (exact) mass is 413 g/mol. The minimum absolute atomic E-state index is 0.00527. The first-order valence-electron chi connectivity index (χ1n) is 6.79. The van der Waals surface area contributed by atoms with Gasteiger partial charge in [-0.05, 0) is 37.1 Å². The number of para-hydroxylation sites is 1. The van der Waals surface area contributed by atoms with E-state index in [0.717, 1.165) is 27.7 Å². The van der Waals surface area contributed by atoms with Gasteiger partial charge in [-0.1, -0.05) is 58.5 Å². The van der Waals surface area contributed by atoms with Gasteiger partial charge in [-0.2, -0.15) is 0 Å². The lowest BCUT2D eigenvalue weighted by Gasteiger charge is -2.25. The van der Waals surface area contributed by atoms with Gasteiger partial charge in [0, 0.05) is 4.43 Å². The predicted molar refractivity (Wildman–Crippen MR) is 93.7 cm³/mol. The predicted octanol–water partition coefficient (Wildman–Crippen LogP) is 3.55. The van der Waals surface area contributed by atoms with E-state index in [2.05, 4.69) is 22.6 Å². The van der Waals surface area contributed by atoms with Crippen molar-refractivity contribution in [3.8, 4) is 0 Å². The Bertz CT molecular complexity index is 756. The van der Waals surface area contributed by atoms with Crippen LogP contribution in [0.25, 0.3) is 0 Å². The largest absolute Gasteiger partial charge is 0.264 e. The van der Waals surface area contributed by atoms with E-state index in [-0.39, 0.29) is 6.04 Å². The van der Waals surface area contributed by atoms with Crippen LogP contribution in [0.3, 0.4) is 0 Å². The van der Waals surface area contributed by atoms with Crippen LogP contribution < -0.4 is 4.31 Å². The number of alkyl halides is 1. The summed E-state index contributed by atoms with van der Waals surface area (Å²) in [4.78, 5) is 0.361. The molecule has 5 heteroatoms. The first-order chi connectivity index (χ1) is 10.0. The molecule has 0 saturated carbocycles. The zero-order valence-electron chi connectivity index (χ0n) is 11.7. The molecule has 3 nitrogen and oxygen atoms in total. The lowest BCUT2D eigenvalue weighted by Crippen LogP contribution is -2.38. The molecule has 1 aliphatic rings. The highest BCUT2D eigenvalue weighted by atomic mass is 127.